The van der Waals surface area contributed by atoms with Crippen LogP contribution in [0.4, 0.5) is 47.6 Å². The highest BCUT2D eigenvalue weighted by atomic mass is 19.4. The number of methoxy groups -OCH3 is 1. The summed E-state index contributed by atoms with van der Waals surface area (Å²) >= 11 is 0. The number of carboxylic acid groups (broad SMARTS) is 1. The summed E-state index contributed by atoms with van der Waals surface area (Å²) in [6.07, 6.45) is -4.96. The molecule has 0 radical (unpaired) electrons. The van der Waals surface area contributed by atoms with Crippen molar-refractivity contribution in [1.82, 2.24) is 29.6 Å². The highest BCUT2D eigenvalue weighted by molar-refractivity contribution is 5.73. The lowest BCUT2D eigenvalue weighted by Crippen LogP contribution is -2.47. The molecule has 430 valence electrons. The Morgan fingerprint density at radius 3 is 1.34 bits per heavy atom. The minimum atomic E-state index is -4.50. The molecule has 4 fully saturated rings. The van der Waals surface area contributed by atoms with Gasteiger partial charge in [0, 0.05) is 74.9 Å². The zero-order valence-corrected chi connectivity index (χ0v) is 46.3. The number of alkyl halides is 6. The number of aromatic nitrogens is 2. The molecule has 8 rings (SSSR count). The van der Waals surface area contributed by atoms with Crippen LogP contribution in [0.3, 0.4) is 0 Å². The smallest absolute Gasteiger partial charge is 0.416 e. The molecule has 1 N–H and O–H groups in total. The van der Waals surface area contributed by atoms with E-state index in [9.17, 15) is 45.5 Å². The number of benzene rings is 2. The number of ether oxygens (including phenoxy) is 3. The predicted octanol–water partition coefficient (Wildman–Crippen LogP) is 10.4. The van der Waals surface area contributed by atoms with Gasteiger partial charge in [-0.1, -0.05) is 23.3 Å². The highest BCUT2D eigenvalue weighted by Crippen LogP contribution is 2.41. The number of likely N-dealkylation sites (tertiary alicyclic amines) is 2. The van der Waals surface area contributed by atoms with Crippen molar-refractivity contribution in [3.63, 3.8) is 0 Å². The fourth-order valence-corrected chi connectivity index (χ4v) is 11.3. The van der Waals surface area contributed by atoms with Crippen molar-refractivity contribution in [2.24, 2.45) is 0 Å². The van der Waals surface area contributed by atoms with Crippen LogP contribution in [0.15, 0.2) is 60.9 Å². The fourth-order valence-electron chi connectivity index (χ4n) is 11.3. The van der Waals surface area contributed by atoms with Gasteiger partial charge in [-0.25, -0.2) is 19.6 Å². The number of carbonyl (C=O) groups is 4. The van der Waals surface area contributed by atoms with Crippen molar-refractivity contribution in [2.45, 2.75) is 143 Å². The molecular formula is C57H72F6N8O8. The number of esters is 1. The van der Waals surface area contributed by atoms with Crippen LogP contribution in [-0.4, -0.2) is 142 Å². The zero-order valence-electron chi connectivity index (χ0n) is 46.3. The second kappa shape index (κ2) is 25.2. The lowest BCUT2D eigenvalue weighted by atomic mass is 9.98. The fraction of sp³-hybridized carbons (Fsp3) is 0.544. The standard InChI is InChI=1S/C29H37F3N4O4.C28H35F3N4O4/c1-6-35(24-7-9-34(10-8-24)17-25(37)39-5)27-22(12-19(3)15-33-27)16-36-20(4)26(40-28(36)38)21-11-18(2)13-23(14-21)29(30,31)32;1-5-34(23-6-8-33(9-7-23)16-24(36)37)26-21(11-18(3)14-32-26)15-35-19(4)25(39-27(35)38)20-10-17(2)12-22(13-20)28(29,30)31/h11-15,20,24,26H,6-10,16-17H2,1-5H3;10-14,19,23,25H,5-9,15-16H2,1-4H3,(H,36,37)/t20-,26-;19-,25-/m00/s1. The molecule has 0 spiro atoms. The van der Waals surface area contributed by atoms with Crippen LogP contribution in [0.5, 0.6) is 0 Å². The number of aryl methyl sites for hydroxylation is 4. The van der Waals surface area contributed by atoms with Gasteiger partial charge < -0.3 is 29.1 Å². The normalized spacial score (nSPS) is 20.6. The van der Waals surface area contributed by atoms with Gasteiger partial charge in [0.1, 0.15) is 23.8 Å². The van der Waals surface area contributed by atoms with Crippen LogP contribution in [0.2, 0.25) is 0 Å². The van der Waals surface area contributed by atoms with E-state index in [2.05, 4.69) is 21.6 Å². The van der Waals surface area contributed by atoms with Gasteiger partial charge in [0.2, 0.25) is 0 Å². The molecule has 16 nitrogen and oxygen atoms in total. The van der Waals surface area contributed by atoms with Crippen LogP contribution in [0.25, 0.3) is 0 Å². The summed E-state index contributed by atoms with van der Waals surface area (Å²) in [6.45, 7) is 19.7. The summed E-state index contributed by atoms with van der Waals surface area (Å²) in [7, 11) is 1.39. The number of hydrogen-bond acceptors (Lipinski definition) is 13. The molecule has 0 saturated carbocycles. The van der Waals surface area contributed by atoms with Gasteiger partial charge in [-0.2, -0.15) is 26.3 Å². The first-order valence-corrected chi connectivity index (χ1v) is 26.8. The van der Waals surface area contributed by atoms with Gasteiger partial charge in [-0.15, -0.1) is 0 Å². The largest absolute Gasteiger partial charge is 0.480 e. The first kappa shape index (κ1) is 60.0. The minimum Gasteiger partial charge on any atom is -0.480 e. The Labute approximate surface area is 457 Å². The number of rotatable bonds is 16. The molecule has 4 saturated heterocycles. The molecule has 2 aromatic heterocycles. The molecule has 4 aliphatic heterocycles. The third kappa shape index (κ3) is 14.6. The van der Waals surface area contributed by atoms with E-state index in [1.165, 1.54) is 7.11 Å². The van der Waals surface area contributed by atoms with Crippen molar-refractivity contribution in [1.29, 1.82) is 0 Å². The quantitative estimate of drug-likeness (QED) is 0.0641. The Balaban J connectivity index is 0.000000229. The SMILES string of the molecule is CCN(c1ncc(C)cc1CN1C(=O)O[C@H](c2cc(C)cc(C(F)(F)F)c2)[C@@H]1C)C1CCN(CC(=O)O)CC1.CCN(c1ncc(C)cc1CN1C(=O)O[C@H](c2cc(C)cc(C(F)(F)F)c2)[C@@H]1C)C1CCN(CC(=O)OC)CC1. The molecular weight excluding hydrogens is 1040 g/mol. The van der Waals surface area contributed by atoms with Crippen LogP contribution < -0.4 is 9.80 Å². The number of nitrogens with zero attached hydrogens (tertiary/aromatic N) is 8. The number of cyclic esters (lactones) is 2. The molecule has 2 aromatic carbocycles. The molecule has 2 amide bonds. The van der Waals surface area contributed by atoms with Gasteiger partial charge in [0.15, 0.2) is 0 Å². The van der Waals surface area contributed by atoms with E-state index < -0.39 is 65.9 Å². The number of carbonyl (C=O) groups excluding carboxylic acids is 3. The average Bonchev–Trinajstić information content (AvgIpc) is 3.83. The summed E-state index contributed by atoms with van der Waals surface area (Å²) in [4.78, 5) is 69.8. The Kier molecular flexibility index (Phi) is 19.1. The molecule has 4 aliphatic rings. The summed E-state index contributed by atoms with van der Waals surface area (Å²) in [5, 5.41) is 9.11. The van der Waals surface area contributed by atoms with Crippen molar-refractivity contribution >= 4 is 35.8 Å². The van der Waals surface area contributed by atoms with Gasteiger partial charge in [0.05, 0.1) is 56.5 Å². The number of aliphatic carboxylic acids is 1. The molecule has 4 atom stereocenters. The van der Waals surface area contributed by atoms with E-state index in [0.29, 0.717) is 48.4 Å². The van der Waals surface area contributed by atoms with Crippen LogP contribution in [0, 0.1) is 27.7 Å². The zero-order chi connectivity index (χ0) is 57.7. The number of amides is 2. The molecule has 79 heavy (non-hydrogen) atoms. The maximum atomic E-state index is 13.5. The first-order valence-electron chi connectivity index (χ1n) is 26.8. The summed E-state index contributed by atoms with van der Waals surface area (Å²) in [5.41, 5.74) is 3.55. The average molecular weight is 1110 g/mol. The summed E-state index contributed by atoms with van der Waals surface area (Å²) in [5.74, 6) is 0.433. The highest BCUT2D eigenvalue weighted by Gasteiger charge is 2.44. The number of pyridine rings is 2. The van der Waals surface area contributed by atoms with Crippen molar-refractivity contribution in [2.75, 3.05) is 69.3 Å². The van der Waals surface area contributed by atoms with E-state index in [-0.39, 0.29) is 44.2 Å². The van der Waals surface area contributed by atoms with E-state index in [0.717, 1.165) is 96.9 Å². The second-order valence-corrected chi connectivity index (χ2v) is 21.2. The van der Waals surface area contributed by atoms with Gasteiger partial charge in [-0.05, 0) is 140 Å². The first-order chi connectivity index (χ1) is 37.3. The van der Waals surface area contributed by atoms with E-state index in [1.54, 1.807) is 62.0 Å². The number of carboxylic acids is 1. The van der Waals surface area contributed by atoms with Crippen LogP contribution in [-0.2, 0) is 49.2 Å². The van der Waals surface area contributed by atoms with Gasteiger partial charge >= 0.3 is 36.5 Å². The summed E-state index contributed by atoms with van der Waals surface area (Å²) in [6, 6.07) is 10.9. The van der Waals surface area contributed by atoms with Gasteiger partial charge in [-0.3, -0.25) is 29.2 Å². The number of halogens is 6. The van der Waals surface area contributed by atoms with E-state index in [4.69, 9.17) is 29.3 Å². The Hall–Kier alpha value is -6.68. The lowest BCUT2D eigenvalue weighted by Gasteiger charge is -2.39. The van der Waals surface area contributed by atoms with E-state index >= 15 is 0 Å². The summed E-state index contributed by atoms with van der Waals surface area (Å²) < 4.78 is 96.7. The Morgan fingerprint density at radius 2 is 1.00 bits per heavy atom. The predicted molar refractivity (Wildman–Crippen MR) is 283 cm³/mol. The molecule has 22 heteroatoms. The minimum absolute atomic E-state index is 0.0222. The third-order valence-electron chi connectivity index (χ3n) is 15.3. The third-order valence-corrected chi connectivity index (χ3v) is 15.3. The van der Waals surface area contributed by atoms with Crippen molar-refractivity contribution in [3.8, 4) is 0 Å². The van der Waals surface area contributed by atoms with Crippen LogP contribution >= 0.6 is 0 Å². The van der Waals surface area contributed by atoms with E-state index in [1.807, 2.05) is 37.8 Å². The molecule has 0 unspecified atom stereocenters. The Bertz CT molecular complexity index is 2820. The molecule has 6 heterocycles. The van der Waals surface area contributed by atoms with Crippen LogP contribution in [0.1, 0.15) is 121 Å². The lowest BCUT2D eigenvalue weighted by molar-refractivity contribution is -0.142. The Morgan fingerprint density at radius 1 is 0.620 bits per heavy atom. The topological polar surface area (TPSA) is 161 Å². The second-order valence-electron chi connectivity index (χ2n) is 21.2. The number of piperidine rings is 2. The van der Waals surface area contributed by atoms with Gasteiger partial charge in [0.25, 0.3) is 0 Å². The maximum absolute atomic E-state index is 13.5. The molecule has 0 bridgehead atoms. The molecule has 4 aromatic rings. The maximum Gasteiger partial charge on any atom is 0.416 e. The number of hydrogen-bond donors (Lipinski definition) is 1. The van der Waals surface area contributed by atoms with Crippen molar-refractivity contribution in [3.05, 3.63) is 117 Å². The monoisotopic (exact) mass is 1110 g/mol. The number of anilines is 2. The van der Waals surface area contributed by atoms with Crippen molar-refractivity contribution < 1.29 is 64.8 Å². The molecule has 0 aliphatic carbocycles.